The van der Waals surface area contributed by atoms with E-state index < -0.39 is 48.2 Å². The molecule has 1 aromatic rings. The van der Waals surface area contributed by atoms with Gasteiger partial charge in [-0.15, -0.1) is 0 Å². The molecule has 184 valence electrons. The molecule has 2 saturated heterocycles. The Kier molecular flexibility index (Phi) is 7.77. The molecule has 2 fully saturated rings. The van der Waals surface area contributed by atoms with Gasteiger partial charge in [0.2, 0.25) is 5.91 Å². The number of piperidine rings is 1. The number of anilines is 1. The van der Waals surface area contributed by atoms with Crippen LogP contribution in [0.5, 0.6) is 0 Å². The van der Waals surface area contributed by atoms with Crippen LogP contribution in [0.25, 0.3) is 0 Å². The van der Waals surface area contributed by atoms with Crippen LogP contribution in [0.15, 0.2) is 12.4 Å². The van der Waals surface area contributed by atoms with Crippen molar-refractivity contribution in [3.63, 3.8) is 0 Å². The van der Waals surface area contributed by atoms with Gasteiger partial charge in [-0.3, -0.25) is 9.78 Å². The smallest absolute Gasteiger partial charge is 0.329 e. The number of carbonyl (C=O) groups is 2. The van der Waals surface area contributed by atoms with Gasteiger partial charge in [0, 0.05) is 20.0 Å². The van der Waals surface area contributed by atoms with Gasteiger partial charge in [0.05, 0.1) is 31.6 Å². The zero-order chi connectivity index (χ0) is 24.2. The van der Waals surface area contributed by atoms with Gasteiger partial charge in [-0.2, -0.15) is 8.78 Å². The Bertz CT molecular complexity index is 852. The Hall–Kier alpha value is -2.48. The summed E-state index contributed by atoms with van der Waals surface area (Å²) >= 11 is 0. The molecule has 11 nitrogen and oxygen atoms in total. The fourth-order valence-corrected chi connectivity index (χ4v) is 3.67. The van der Waals surface area contributed by atoms with Crippen LogP contribution in [-0.4, -0.2) is 95.4 Å². The number of rotatable bonds is 10. The van der Waals surface area contributed by atoms with Crippen molar-refractivity contribution in [2.45, 2.75) is 50.7 Å². The second kappa shape index (κ2) is 10.2. The summed E-state index contributed by atoms with van der Waals surface area (Å²) in [5.74, 6) is -5.30. The minimum atomic E-state index is -3.15. The van der Waals surface area contributed by atoms with Crippen LogP contribution in [0.2, 0.25) is 0 Å². The van der Waals surface area contributed by atoms with Crippen molar-refractivity contribution in [3.8, 4) is 0 Å². The first kappa shape index (κ1) is 25.1. The number of nitrogens with zero attached hydrogens (tertiary/aromatic N) is 3. The van der Waals surface area contributed by atoms with Crippen LogP contribution in [0.3, 0.4) is 0 Å². The quantitative estimate of drug-likeness (QED) is 0.470. The van der Waals surface area contributed by atoms with E-state index in [1.807, 2.05) is 0 Å². The molecule has 1 aromatic heterocycles. The molecule has 2 aliphatic rings. The summed E-state index contributed by atoms with van der Waals surface area (Å²) in [7, 11) is 0. The molecule has 0 aromatic carbocycles. The van der Waals surface area contributed by atoms with Crippen molar-refractivity contribution in [3.05, 3.63) is 18.1 Å². The number of aromatic nitrogens is 2. The van der Waals surface area contributed by atoms with Gasteiger partial charge in [-0.25, -0.2) is 9.78 Å². The number of hydrogen-bond donors (Lipinski definition) is 2. The molecule has 0 unspecified atom stereocenters. The lowest BCUT2D eigenvalue weighted by Crippen LogP contribution is -2.59. The van der Waals surface area contributed by atoms with E-state index in [9.17, 15) is 18.4 Å². The minimum absolute atomic E-state index is 0.0384. The number of alkyl halides is 2. The number of hydrogen-bond acceptors (Lipinski definition) is 9. The number of carboxylic acid groups (broad SMARTS) is 1. The second-order valence-electron chi connectivity index (χ2n) is 8.36. The Labute approximate surface area is 189 Å². The highest BCUT2D eigenvalue weighted by Gasteiger charge is 2.50. The number of nitrogens with one attached hydrogen (secondary N) is 1. The first-order valence-corrected chi connectivity index (χ1v) is 10.4. The summed E-state index contributed by atoms with van der Waals surface area (Å²) in [5, 5.41) is 11.6. The molecule has 3 atom stereocenters. The Balaban J connectivity index is 1.63. The number of amides is 1. The van der Waals surface area contributed by atoms with Crippen LogP contribution < -0.4 is 5.32 Å². The third-order valence-electron chi connectivity index (χ3n) is 5.03. The molecule has 0 saturated carbocycles. The minimum Gasteiger partial charge on any atom is -0.480 e. The molecule has 3 heterocycles. The highest BCUT2D eigenvalue weighted by molar-refractivity contribution is 5.77. The molecular weight excluding hydrogens is 446 g/mol. The van der Waals surface area contributed by atoms with Gasteiger partial charge in [0.25, 0.3) is 5.92 Å². The number of aliphatic carboxylic acids is 1. The van der Waals surface area contributed by atoms with Crippen molar-refractivity contribution in [2.24, 2.45) is 0 Å². The van der Waals surface area contributed by atoms with Crippen molar-refractivity contribution >= 4 is 17.7 Å². The van der Waals surface area contributed by atoms with E-state index in [0.717, 1.165) is 13.1 Å². The van der Waals surface area contributed by atoms with E-state index in [1.54, 1.807) is 13.8 Å². The van der Waals surface area contributed by atoms with Crippen LogP contribution >= 0.6 is 0 Å². The van der Waals surface area contributed by atoms with Gasteiger partial charge in [-0.05, 0) is 13.8 Å². The normalized spacial score (nSPS) is 24.4. The molecule has 2 N–H and O–H groups in total. The highest BCUT2D eigenvalue weighted by Crippen LogP contribution is 2.34. The van der Waals surface area contributed by atoms with E-state index >= 15 is 0 Å². The molecule has 0 bridgehead atoms. The van der Waals surface area contributed by atoms with Gasteiger partial charge < -0.3 is 34.3 Å². The fourth-order valence-electron chi connectivity index (χ4n) is 3.67. The van der Waals surface area contributed by atoms with E-state index in [-0.39, 0.29) is 44.6 Å². The lowest BCUT2D eigenvalue weighted by atomic mass is 9.99. The van der Waals surface area contributed by atoms with Crippen molar-refractivity contribution in [1.82, 2.24) is 14.9 Å². The average Bonchev–Trinajstić information content (AvgIpc) is 3.04. The largest absolute Gasteiger partial charge is 0.480 e. The fraction of sp³-hybridized carbons (Fsp3) is 0.700. The third-order valence-corrected chi connectivity index (χ3v) is 5.03. The Morgan fingerprint density at radius 2 is 1.94 bits per heavy atom. The molecule has 33 heavy (non-hydrogen) atoms. The first-order chi connectivity index (χ1) is 15.4. The van der Waals surface area contributed by atoms with Crippen molar-refractivity contribution < 1.29 is 42.4 Å². The molecular formula is C20H28F2N4O7. The lowest BCUT2D eigenvalue weighted by Gasteiger charge is -2.39. The summed E-state index contributed by atoms with van der Waals surface area (Å²) in [6.45, 7) is 4.14. The van der Waals surface area contributed by atoms with E-state index in [0.29, 0.717) is 0 Å². The van der Waals surface area contributed by atoms with E-state index in [2.05, 4.69) is 15.3 Å². The number of ether oxygens (including phenoxy) is 4. The highest BCUT2D eigenvalue weighted by atomic mass is 19.3. The molecule has 13 heteroatoms. The number of carboxylic acids is 1. The monoisotopic (exact) mass is 474 g/mol. The maximum absolute atomic E-state index is 13.7. The maximum atomic E-state index is 13.7. The van der Waals surface area contributed by atoms with Crippen molar-refractivity contribution in [2.75, 3.05) is 44.8 Å². The van der Waals surface area contributed by atoms with Crippen LogP contribution in [0, 0.1) is 0 Å². The summed E-state index contributed by atoms with van der Waals surface area (Å²) < 4.78 is 49.4. The molecule has 1 amide bonds. The van der Waals surface area contributed by atoms with E-state index in [1.165, 1.54) is 11.1 Å². The number of likely N-dealkylation sites (tertiary alicyclic amines) is 1. The summed E-state index contributed by atoms with van der Waals surface area (Å²) in [6, 6.07) is -0.497. The number of halogens is 2. The molecule has 0 radical (unpaired) electrons. The lowest BCUT2D eigenvalue weighted by molar-refractivity contribution is -0.148. The predicted octanol–water partition coefficient (Wildman–Crippen LogP) is 0.849. The summed E-state index contributed by atoms with van der Waals surface area (Å²) in [4.78, 5) is 32.4. The number of carbonyl (C=O) groups excluding carboxylic acids is 1. The molecule has 3 rings (SSSR count). The first-order valence-electron chi connectivity index (χ1n) is 10.4. The molecule has 0 aliphatic carbocycles. The van der Waals surface area contributed by atoms with Gasteiger partial charge in [0.1, 0.15) is 36.9 Å². The molecule has 0 spiro atoms. The Morgan fingerprint density at radius 1 is 1.24 bits per heavy atom. The second-order valence-corrected chi connectivity index (χ2v) is 8.36. The zero-order valence-electron chi connectivity index (χ0n) is 18.6. The standard InChI is InChI=1S/C20H28F2N4O7/c1-19(2)32-13-9-26(16(27)10-30-4-5-31-11-17(28)29)8-12(18(13)33-19)24-15-7-23-6-14(25-15)20(3,21)22/h6-7,12-13,18H,4-5,8-11H2,1-3H3,(H,24,25)(H,28,29)/t12-,13-,18+/m0/s1. The number of fused-ring (bicyclic) bond motifs is 1. The van der Waals surface area contributed by atoms with Gasteiger partial charge in [0.15, 0.2) is 5.79 Å². The zero-order valence-corrected chi connectivity index (χ0v) is 18.6. The molecule has 2 aliphatic heterocycles. The van der Waals surface area contributed by atoms with Gasteiger partial charge in [-0.1, -0.05) is 0 Å². The summed E-state index contributed by atoms with van der Waals surface area (Å²) in [6.07, 6.45) is 1.44. The topological polar surface area (TPSA) is 132 Å². The summed E-state index contributed by atoms with van der Waals surface area (Å²) in [5.41, 5.74) is -0.477. The SMILES string of the molecule is CC1(C)O[C@@H]2[C@@H](Nc3cncc(C(C)(F)F)n3)CN(C(=O)COCCOCC(=O)O)C[C@@H]2O1. The van der Waals surface area contributed by atoms with Gasteiger partial charge >= 0.3 is 5.97 Å². The predicted molar refractivity (Wildman–Crippen MR) is 109 cm³/mol. The van der Waals surface area contributed by atoms with Crippen LogP contribution in [-0.2, 0) is 34.5 Å². The Morgan fingerprint density at radius 3 is 2.61 bits per heavy atom. The average molecular weight is 474 g/mol. The third kappa shape index (κ3) is 7.00. The van der Waals surface area contributed by atoms with Crippen molar-refractivity contribution in [1.29, 1.82) is 0 Å². The van der Waals surface area contributed by atoms with Crippen LogP contribution in [0.4, 0.5) is 14.6 Å². The maximum Gasteiger partial charge on any atom is 0.329 e. The van der Waals surface area contributed by atoms with E-state index in [4.69, 9.17) is 24.1 Å². The van der Waals surface area contributed by atoms with Crippen LogP contribution in [0.1, 0.15) is 26.5 Å².